The predicted octanol–water partition coefficient (Wildman–Crippen LogP) is 2.57. The lowest BCUT2D eigenvalue weighted by Gasteiger charge is -2.29. The zero-order chi connectivity index (χ0) is 14.5. The third kappa shape index (κ3) is 3.00. The standard InChI is InChI=1S/C16H21N3O/c1-11-5-4-8-15(14(11)10-18)19-16(20)13-7-3-2-6-12(13)9-17/h4-5,8,12-13H,2-3,6-7,9,17H2,1H3,(H,19,20). The van der Waals surface area contributed by atoms with Crippen molar-refractivity contribution in [1.82, 2.24) is 0 Å². The second kappa shape index (κ2) is 6.53. The van der Waals surface area contributed by atoms with Gasteiger partial charge in [0.1, 0.15) is 6.07 Å². The van der Waals surface area contributed by atoms with Gasteiger partial charge >= 0.3 is 0 Å². The molecule has 1 fully saturated rings. The topological polar surface area (TPSA) is 78.9 Å². The number of hydrogen-bond donors (Lipinski definition) is 2. The lowest BCUT2D eigenvalue weighted by Crippen LogP contribution is -2.35. The SMILES string of the molecule is Cc1cccc(NC(=O)C2CCCCC2CN)c1C#N. The van der Waals surface area contributed by atoms with Gasteiger partial charge in [-0.05, 0) is 43.9 Å². The number of hydrogen-bond acceptors (Lipinski definition) is 3. The minimum absolute atomic E-state index is 0.00208. The van der Waals surface area contributed by atoms with Gasteiger partial charge in [-0.3, -0.25) is 4.79 Å². The van der Waals surface area contributed by atoms with Gasteiger partial charge in [-0.15, -0.1) is 0 Å². The van der Waals surface area contributed by atoms with E-state index >= 15 is 0 Å². The van der Waals surface area contributed by atoms with Gasteiger partial charge in [0.25, 0.3) is 0 Å². The zero-order valence-corrected chi connectivity index (χ0v) is 11.9. The van der Waals surface area contributed by atoms with Crippen LogP contribution >= 0.6 is 0 Å². The highest BCUT2D eigenvalue weighted by Gasteiger charge is 2.30. The Morgan fingerprint density at radius 3 is 2.90 bits per heavy atom. The second-order valence-electron chi connectivity index (χ2n) is 5.49. The zero-order valence-electron chi connectivity index (χ0n) is 11.9. The van der Waals surface area contributed by atoms with Crippen LogP contribution in [0.15, 0.2) is 18.2 Å². The molecule has 1 amide bonds. The maximum atomic E-state index is 12.4. The van der Waals surface area contributed by atoms with Crippen molar-refractivity contribution in [3.63, 3.8) is 0 Å². The fraction of sp³-hybridized carbons (Fsp3) is 0.500. The van der Waals surface area contributed by atoms with Crippen LogP contribution < -0.4 is 11.1 Å². The fourth-order valence-corrected chi connectivity index (χ4v) is 2.98. The lowest BCUT2D eigenvalue weighted by molar-refractivity contribution is -0.122. The van der Waals surface area contributed by atoms with E-state index < -0.39 is 0 Å². The van der Waals surface area contributed by atoms with Gasteiger partial charge in [0.15, 0.2) is 0 Å². The number of aryl methyl sites for hydroxylation is 1. The van der Waals surface area contributed by atoms with Crippen molar-refractivity contribution in [2.75, 3.05) is 11.9 Å². The number of carbonyl (C=O) groups is 1. The summed E-state index contributed by atoms with van der Waals surface area (Å²) in [4.78, 5) is 12.4. The molecule has 0 saturated heterocycles. The molecule has 0 aliphatic heterocycles. The van der Waals surface area contributed by atoms with Crippen LogP contribution in [0, 0.1) is 30.1 Å². The average Bonchev–Trinajstić information content (AvgIpc) is 2.47. The van der Waals surface area contributed by atoms with Crippen molar-refractivity contribution in [1.29, 1.82) is 5.26 Å². The number of carbonyl (C=O) groups excluding carboxylic acids is 1. The van der Waals surface area contributed by atoms with Gasteiger partial charge in [0, 0.05) is 5.92 Å². The van der Waals surface area contributed by atoms with Crippen molar-refractivity contribution in [3.05, 3.63) is 29.3 Å². The molecule has 0 aromatic heterocycles. The van der Waals surface area contributed by atoms with Gasteiger partial charge in [-0.1, -0.05) is 25.0 Å². The molecular weight excluding hydrogens is 250 g/mol. The monoisotopic (exact) mass is 271 g/mol. The highest BCUT2D eigenvalue weighted by atomic mass is 16.1. The summed E-state index contributed by atoms with van der Waals surface area (Å²) in [6, 6.07) is 7.67. The van der Waals surface area contributed by atoms with Gasteiger partial charge in [-0.25, -0.2) is 0 Å². The summed E-state index contributed by atoms with van der Waals surface area (Å²) in [6.45, 7) is 2.43. The van der Waals surface area contributed by atoms with Crippen molar-refractivity contribution in [2.24, 2.45) is 17.6 Å². The summed E-state index contributed by atoms with van der Waals surface area (Å²) in [7, 11) is 0. The Labute approximate surface area is 120 Å². The Morgan fingerprint density at radius 2 is 2.20 bits per heavy atom. The number of nitrogens with one attached hydrogen (secondary N) is 1. The molecule has 1 aliphatic rings. The summed E-state index contributed by atoms with van der Waals surface area (Å²) in [6.07, 6.45) is 4.14. The van der Waals surface area contributed by atoms with Crippen LogP contribution in [-0.2, 0) is 4.79 Å². The van der Waals surface area contributed by atoms with E-state index in [-0.39, 0.29) is 17.7 Å². The maximum Gasteiger partial charge on any atom is 0.227 e. The number of anilines is 1. The first kappa shape index (κ1) is 14.5. The van der Waals surface area contributed by atoms with Crippen LogP contribution in [0.2, 0.25) is 0 Å². The number of nitriles is 1. The summed E-state index contributed by atoms with van der Waals surface area (Å²) >= 11 is 0. The molecule has 1 aromatic carbocycles. The minimum Gasteiger partial charge on any atom is -0.330 e. The largest absolute Gasteiger partial charge is 0.330 e. The third-order valence-corrected chi connectivity index (χ3v) is 4.19. The first-order valence-electron chi connectivity index (χ1n) is 7.18. The van der Waals surface area contributed by atoms with Crippen molar-refractivity contribution in [2.45, 2.75) is 32.6 Å². The summed E-state index contributed by atoms with van der Waals surface area (Å²) in [5.41, 5.74) is 7.80. The molecular formula is C16H21N3O. The molecule has 1 saturated carbocycles. The fourth-order valence-electron chi connectivity index (χ4n) is 2.98. The highest BCUT2D eigenvalue weighted by Crippen LogP contribution is 2.30. The Morgan fingerprint density at radius 1 is 1.45 bits per heavy atom. The molecule has 4 nitrogen and oxygen atoms in total. The normalized spacial score (nSPS) is 22.1. The minimum atomic E-state index is -0.0270. The first-order valence-corrected chi connectivity index (χ1v) is 7.18. The third-order valence-electron chi connectivity index (χ3n) is 4.19. The van der Waals surface area contributed by atoms with E-state index in [1.54, 1.807) is 6.07 Å². The Kier molecular flexibility index (Phi) is 4.75. The Bertz CT molecular complexity index is 533. The molecule has 0 radical (unpaired) electrons. The Balaban J connectivity index is 2.15. The van der Waals surface area contributed by atoms with Crippen LogP contribution in [0.1, 0.15) is 36.8 Å². The van der Waals surface area contributed by atoms with E-state index in [2.05, 4.69) is 11.4 Å². The Hall–Kier alpha value is -1.86. The molecule has 0 heterocycles. The van der Waals surface area contributed by atoms with E-state index in [0.29, 0.717) is 17.8 Å². The van der Waals surface area contributed by atoms with E-state index in [4.69, 9.17) is 5.73 Å². The van der Waals surface area contributed by atoms with Crippen molar-refractivity contribution in [3.8, 4) is 6.07 Å². The summed E-state index contributed by atoms with van der Waals surface area (Å²) < 4.78 is 0. The highest BCUT2D eigenvalue weighted by molar-refractivity contribution is 5.94. The van der Waals surface area contributed by atoms with E-state index in [1.165, 1.54) is 0 Å². The van der Waals surface area contributed by atoms with Crippen LogP contribution in [0.25, 0.3) is 0 Å². The smallest absolute Gasteiger partial charge is 0.227 e. The second-order valence-corrected chi connectivity index (χ2v) is 5.49. The van der Waals surface area contributed by atoms with E-state index in [9.17, 15) is 10.1 Å². The molecule has 2 rings (SSSR count). The summed E-state index contributed by atoms with van der Waals surface area (Å²) in [5.74, 6) is 0.238. The molecule has 20 heavy (non-hydrogen) atoms. The molecule has 1 aliphatic carbocycles. The summed E-state index contributed by atoms with van der Waals surface area (Å²) in [5, 5.41) is 12.1. The van der Waals surface area contributed by atoms with Crippen molar-refractivity contribution < 1.29 is 4.79 Å². The van der Waals surface area contributed by atoms with Gasteiger partial charge < -0.3 is 11.1 Å². The molecule has 2 atom stereocenters. The van der Waals surface area contributed by atoms with Crippen LogP contribution in [0.3, 0.4) is 0 Å². The quantitative estimate of drug-likeness (QED) is 0.886. The predicted molar refractivity (Wildman–Crippen MR) is 79.0 cm³/mol. The molecule has 4 heteroatoms. The molecule has 0 bridgehead atoms. The van der Waals surface area contributed by atoms with Crippen LogP contribution in [-0.4, -0.2) is 12.5 Å². The van der Waals surface area contributed by atoms with Crippen LogP contribution in [0.5, 0.6) is 0 Å². The number of nitrogens with zero attached hydrogens (tertiary/aromatic N) is 1. The van der Waals surface area contributed by atoms with Gasteiger partial charge in [0.05, 0.1) is 11.3 Å². The maximum absolute atomic E-state index is 12.4. The lowest BCUT2D eigenvalue weighted by atomic mass is 9.78. The first-order chi connectivity index (χ1) is 9.67. The molecule has 106 valence electrons. The van der Waals surface area contributed by atoms with Gasteiger partial charge in [-0.2, -0.15) is 5.26 Å². The molecule has 1 aromatic rings. The molecule has 0 spiro atoms. The number of benzene rings is 1. The molecule has 3 N–H and O–H groups in total. The number of nitrogens with two attached hydrogens (primary N) is 1. The van der Waals surface area contributed by atoms with E-state index in [1.807, 2.05) is 19.1 Å². The number of amides is 1. The van der Waals surface area contributed by atoms with Gasteiger partial charge in [0.2, 0.25) is 5.91 Å². The molecule has 2 unspecified atom stereocenters. The van der Waals surface area contributed by atoms with E-state index in [0.717, 1.165) is 31.2 Å². The van der Waals surface area contributed by atoms with Crippen LogP contribution in [0.4, 0.5) is 5.69 Å². The average molecular weight is 271 g/mol. The number of rotatable bonds is 3. The van der Waals surface area contributed by atoms with Crippen molar-refractivity contribution >= 4 is 11.6 Å².